The highest BCUT2D eigenvalue weighted by atomic mass is 32.2. The molecule has 2 aromatic carbocycles. The molecule has 0 atom stereocenters. The van der Waals surface area contributed by atoms with Gasteiger partial charge in [-0.2, -0.15) is 0 Å². The Morgan fingerprint density at radius 3 is 2.00 bits per heavy atom. The van der Waals surface area contributed by atoms with E-state index in [0.29, 0.717) is 11.3 Å². The first-order valence-corrected chi connectivity index (χ1v) is 8.23. The highest BCUT2D eigenvalue weighted by Crippen LogP contribution is 2.27. The smallest absolute Gasteiger partial charge is 0.221 e. The van der Waals surface area contributed by atoms with Crippen molar-refractivity contribution in [1.29, 1.82) is 0 Å². The quantitative estimate of drug-likeness (QED) is 0.660. The molecular weight excluding hydrogens is 316 g/mol. The van der Waals surface area contributed by atoms with Crippen LogP contribution in [0.15, 0.2) is 52.3 Å². The van der Waals surface area contributed by atoms with Crippen LogP contribution in [0.3, 0.4) is 0 Å². The molecule has 0 aromatic heterocycles. The average molecular weight is 332 g/mol. The minimum atomic E-state index is -3.75. The molecule has 0 saturated carbocycles. The predicted molar refractivity (Wildman–Crippen MR) is 87.1 cm³/mol. The zero-order valence-electron chi connectivity index (χ0n) is 12.7. The van der Waals surface area contributed by atoms with Crippen LogP contribution in [0.25, 0.3) is 0 Å². The molecule has 0 fully saturated rings. The maximum Gasteiger partial charge on any atom is 0.221 e. The normalized spacial score (nSPS) is 11.0. The molecule has 120 valence electrons. The second-order valence-electron chi connectivity index (χ2n) is 5.01. The van der Waals surface area contributed by atoms with Crippen LogP contribution in [0.5, 0.6) is 0 Å². The van der Waals surface area contributed by atoms with Crippen LogP contribution in [-0.2, 0) is 14.6 Å². The van der Waals surface area contributed by atoms with Crippen molar-refractivity contribution >= 4 is 32.9 Å². The third-order valence-electron chi connectivity index (χ3n) is 3.22. The molecule has 0 heterocycles. The molecule has 0 aliphatic carbocycles. The van der Waals surface area contributed by atoms with Crippen LogP contribution in [0.1, 0.15) is 24.2 Å². The Morgan fingerprint density at radius 2 is 1.52 bits per heavy atom. The predicted octanol–water partition coefficient (Wildman–Crippen LogP) is 2.26. The highest BCUT2D eigenvalue weighted by Gasteiger charge is 2.19. The summed E-state index contributed by atoms with van der Waals surface area (Å²) in [5.41, 5.74) is 6.72. The zero-order valence-corrected chi connectivity index (χ0v) is 13.5. The van der Waals surface area contributed by atoms with E-state index < -0.39 is 9.84 Å². The molecule has 3 N–H and O–H groups in total. The first-order valence-electron chi connectivity index (χ1n) is 6.75. The summed E-state index contributed by atoms with van der Waals surface area (Å²) < 4.78 is 25.1. The van der Waals surface area contributed by atoms with Gasteiger partial charge in [0.05, 0.1) is 21.2 Å². The van der Waals surface area contributed by atoms with Crippen molar-refractivity contribution in [2.24, 2.45) is 0 Å². The molecular formula is C16H16N2O4S. The van der Waals surface area contributed by atoms with Gasteiger partial charge in [-0.05, 0) is 37.3 Å². The van der Waals surface area contributed by atoms with Crippen molar-refractivity contribution in [1.82, 2.24) is 0 Å². The summed E-state index contributed by atoms with van der Waals surface area (Å²) in [4.78, 5) is 22.4. The molecule has 23 heavy (non-hydrogen) atoms. The molecule has 7 heteroatoms. The molecule has 0 unspecified atom stereocenters. The van der Waals surface area contributed by atoms with Gasteiger partial charge in [0.25, 0.3) is 0 Å². The Hall–Kier alpha value is -2.67. The minimum absolute atomic E-state index is 0.0136. The van der Waals surface area contributed by atoms with E-state index in [9.17, 15) is 18.0 Å². The Balaban J connectivity index is 2.41. The van der Waals surface area contributed by atoms with Crippen molar-refractivity contribution in [3.63, 3.8) is 0 Å². The number of hydrogen-bond acceptors (Lipinski definition) is 5. The van der Waals surface area contributed by atoms with Crippen LogP contribution in [0.2, 0.25) is 0 Å². The lowest BCUT2D eigenvalue weighted by molar-refractivity contribution is -0.114. The number of nitrogens with two attached hydrogens (primary N) is 1. The van der Waals surface area contributed by atoms with E-state index in [-0.39, 0.29) is 27.2 Å². The van der Waals surface area contributed by atoms with Crippen molar-refractivity contribution in [2.45, 2.75) is 23.6 Å². The number of nitrogen functional groups attached to an aromatic ring is 1. The van der Waals surface area contributed by atoms with E-state index in [4.69, 9.17) is 5.73 Å². The van der Waals surface area contributed by atoms with Gasteiger partial charge < -0.3 is 11.1 Å². The van der Waals surface area contributed by atoms with Crippen LogP contribution < -0.4 is 11.1 Å². The van der Waals surface area contributed by atoms with Gasteiger partial charge >= 0.3 is 0 Å². The van der Waals surface area contributed by atoms with Crippen LogP contribution in [-0.4, -0.2) is 20.1 Å². The fourth-order valence-corrected chi connectivity index (χ4v) is 3.31. The fourth-order valence-electron chi connectivity index (χ4n) is 2.02. The third-order valence-corrected chi connectivity index (χ3v) is 4.98. The van der Waals surface area contributed by atoms with Crippen LogP contribution in [0, 0.1) is 0 Å². The van der Waals surface area contributed by atoms with Crippen molar-refractivity contribution in [3.05, 3.63) is 48.0 Å². The van der Waals surface area contributed by atoms with Crippen molar-refractivity contribution < 1.29 is 18.0 Å². The standard InChI is InChI=1S/C16H16N2O4S/c1-10(19)12-3-5-13(6-4-12)23(21,22)14-7-8-16(15(17)9-14)18-11(2)20/h3-9H,17H2,1-2H3,(H,18,20). The van der Waals surface area contributed by atoms with Gasteiger partial charge in [0.15, 0.2) is 5.78 Å². The van der Waals surface area contributed by atoms with Gasteiger partial charge in [-0.1, -0.05) is 12.1 Å². The monoisotopic (exact) mass is 332 g/mol. The Morgan fingerprint density at radius 1 is 0.957 bits per heavy atom. The lowest BCUT2D eigenvalue weighted by Gasteiger charge is -2.10. The summed E-state index contributed by atoms with van der Waals surface area (Å²) in [5.74, 6) is -0.440. The first kappa shape index (κ1) is 16.7. The summed E-state index contributed by atoms with van der Waals surface area (Å²) in [6, 6.07) is 9.78. The van der Waals surface area contributed by atoms with Crippen molar-refractivity contribution in [3.8, 4) is 0 Å². The van der Waals surface area contributed by atoms with Gasteiger partial charge in [-0.3, -0.25) is 9.59 Å². The Labute approximate surface area is 134 Å². The zero-order chi connectivity index (χ0) is 17.2. The van der Waals surface area contributed by atoms with Crippen LogP contribution >= 0.6 is 0 Å². The number of amides is 1. The second kappa shape index (κ2) is 6.21. The lowest BCUT2D eigenvalue weighted by Crippen LogP contribution is -2.09. The number of hydrogen-bond donors (Lipinski definition) is 2. The largest absolute Gasteiger partial charge is 0.397 e. The number of ketones is 1. The second-order valence-corrected chi connectivity index (χ2v) is 6.96. The van der Waals surface area contributed by atoms with E-state index in [1.165, 1.54) is 56.3 Å². The van der Waals surface area contributed by atoms with E-state index in [2.05, 4.69) is 5.32 Å². The first-order chi connectivity index (χ1) is 10.7. The molecule has 2 aromatic rings. The van der Waals surface area contributed by atoms with Gasteiger partial charge in [0.1, 0.15) is 0 Å². The molecule has 0 radical (unpaired) electrons. The molecule has 0 bridgehead atoms. The van der Waals surface area contributed by atoms with Crippen molar-refractivity contribution in [2.75, 3.05) is 11.1 Å². The van der Waals surface area contributed by atoms with E-state index >= 15 is 0 Å². The maximum absolute atomic E-state index is 12.6. The maximum atomic E-state index is 12.6. The topological polar surface area (TPSA) is 106 Å². The van der Waals surface area contributed by atoms with Gasteiger partial charge in [-0.15, -0.1) is 0 Å². The van der Waals surface area contributed by atoms with Gasteiger partial charge in [-0.25, -0.2) is 8.42 Å². The average Bonchev–Trinajstić information content (AvgIpc) is 2.49. The summed E-state index contributed by atoms with van der Waals surface area (Å²) in [7, 11) is -3.75. The lowest BCUT2D eigenvalue weighted by atomic mass is 10.2. The van der Waals surface area contributed by atoms with Crippen LogP contribution in [0.4, 0.5) is 11.4 Å². The number of anilines is 2. The number of carbonyl (C=O) groups is 2. The number of carbonyl (C=O) groups excluding carboxylic acids is 2. The molecule has 0 aliphatic rings. The SMILES string of the molecule is CC(=O)Nc1ccc(S(=O)(=O)c2ccc(C(C)=O)cc2)cc1N. The van der Waals surface area contributed by atoms with Gasteiger partial charge in [0, 0.05) is 12.5 Å². The number of sulfone groups is 1. The molecule has 0 spiro atoms. The fraction of sp³-hybridized carbons (Fsp3) is 0.125. The third kappa shape index (κ3) is 3.57. The van der Waals surface area contributed by atoms with E-state index in [0.717, 1.165) is 0 Å². The summed E-state index contributed by atoms with van der Waals surface area (Å²) in [5, 5.41) is 2.52. The Bertz CT molecular complexity index is 871. The molecule has 2 rings (SSSR count). The summed E-state index contributed by atoms with van der Waals surface area (Å²) in [6.07, 6.45) is 0. The molecule has 1 amide bonds. The minimum Gasteiger partial charge on any atom is -0.397 e. The summed E-state index contributed by atoms with van der Waals surface area (Å²) >= 11 is 0. The number of benzene rings is 2. The Kier molecular flexibility index (Phi) is 4.51. The van der Waals surface area contributed by atoms with Gasteiger partial charge in [0.2, 0.25) is 15.7 Å². The summed E-state index contributed by atoms with van der Waals surface area (Å²) in [6.45, 7) is 2.74. The number of rotatable bonds is 4. The number of Topliss-reactive ketones (excluding diaryl/α,β-unsaturated/α-hetero) is 1. The number of nitrogens with one attached hydrogen (secondary N) is 1. The van der Waals surface area contributed by atoms with E-state index in [1.807, 2.05) is 0 Å². The molecule has 6 nitrogen and oxygen atoms in total. The molecule has 0 saturated heterocycles. The van der Waals surface area contributed by atoms with E-state index in [1.54, 1.807) is 0 Å². The molecule has 0 aliphatic heterocycles. The highest BCUT2D eigenvalue weighted by molar-refractivity contribution is 7.91.